The van der Waals surface area contributed by atoms with Crippen LogP contribution in [0.25, 0.3) is 0 Å². The van der Waals surface area contributed by atoms with Crippen LogP contribution in [0.5, 0.6) is 11.5 Å². The molecule has 11 heteroatoms. The molecule has 1 unspecified atom stereocenters. The van der Waals surface area contributed by atoms with Crippen LogP contribution in [0.3, 0.4) is 0 Å². The van der Waals surface area contributed by atoms with E-state index in [0.717, 1.165) is 11.3 Å². The van der Waals surface area contributed by atoms with Crippen molar-refractivity contribution in [2.75, 3.05) is 57.3 Å². The van der Waals surface area contributed by atoms with Crippen molar-refractivity contribution in [1.82, 2.24) is 19.8 Å². The van der Waals surface area contributed by atoms with Crippen LogP contribution in [0.4, 0.5) is 15.3 Å². The Morgan fingerprint density at radius 3 is 2.37 bits per heavy atom. The summed E-state index contributed by atoms with van der Waals surface area (Å²) in [4.78, 5) is 51.2. The van der Waals surface area contributed by atoms with Crippen LogP contribution in [-0.4, -0.2) is 101 Å². The predicted molar refractivity (Wildman–Crippen MR) is 137 cm³/mol. The Morgan fingerprint density at radius 2 is 1.68 bits per heavy atom. The molecule has 0 bridgehead atoms. The minimum Gasteiger partial charge on any atom is -0.508 e. The Hall–Kier alpha value is -4.43. The van der Waals surface area contributed by atoms with E-state index in [1.807, 2.05) is 36.4 Å². The third-order valence-electron chi connectivity index (χ3n) is 6.94. The summed E-state index contributed by atoms with van der Waals surface area (Å²) in [5, 5.41) is 10.1. The molecular formula is C27H29N5O6. The number of anilines is 1. The van der Waals surface area contributed by atoms with Gasteiger partial charge in [0.05, 0.1) is 0 Å². The molecule has 11 nitrogen and oxygen atoms in total. The number of benzene rings is 2. The van der Waals surface area contributed by atoms with Crippen LogP contribution in [-0.2, 0) is 16.2 Å². The zero-order valence-corrected chi connectivity index (χ0v) is 20.9. The molecule has 1 N–H and O–H groups in total. The Morgan fingerprint density at radius 1 is 0.974 bits per heavy atom. The molecule has 2 aromatic rings. The Kier molecular flexibility index (Phi) is 7.24. The van der Waals surface area contributed by atoms with Crippen molar-refractivity contribution in [3.8, 4) is 23.8 Å². The van der Waals surface area contributed by atoms with Gasteiger partial charge in [0.2, 0.25) is 0 Å². The first-order valence-corrected chi connectivity index (χ1v) is 12.5. The number of piperazine rings is 2. The second-order valence-corrected chi connectivity index (χ2v) is 9.34. The lowest BCUT2D eigenvalue weighted by Gasteiger charge is -2.35. The number of carbonyl (C=O) groups excluding carboxylic acids is 3. The Bertz CT molecular complexity index is 1220. The van der Waals surface area contributed by atoms with Gasteiger partial charge in [-0.15, -0.1) is 6.42 Å². The van der Waals surface area contributed by atoms with Gasteiger partial charge in [-0.05, 0) is 42.0 Å². The molecule has 1 atom stereocenters. The van der Waals surface area contributed by atoms with Crippen molar-refractivity contribution >= 4 is 23.7 Å². The van der Waals surface area contributed by atoms with Gasteiger partial charge in [-0.3, -0.25) is 9.69 Å². The van der Waals surface area contributed by atoms with E-state index in [4.69, 9.17) is 16.0 Å². The number of hydrogen-bond donors (Lipinski definition) is 1. The van der Waals surface area contributed by atoms with Crippen LogP contribution in [0.2, 0.25) is 0 Å². The summed E-state index contributed by atoms with van der Waals surface area (Å²) in [5.41, 5.74) is 1.98. The highest BCUT2D eigenvalue weighted by Gasteiger charge is 2.50. The number of nitrogens with zero attached hydrogens (tertiary/aromatic N) is 5. The fourth-order valence-corrected chi connectivity index (χ4v) is 4.87. The molecule has 38 heavy (non-hydrogen) atoms. The maximum Gasteiger partial charge on any atom is 0.434 e. The van der Waals surface area contributed by atoms with Gasteiger partial charge >= 0.3 is 12.1 Å². The van der Waals surface area contributed by atoms with E-state index in [1.165, 1.54) is 9.80 Å². The van der Waals surface area contributed by atoms with Gasteiger partial charge in [-0.2, -0.15) is 0 Å². The number of imide groups is 1. The van der Waals surface area contributed by atoms with Crippen LogP contribution in [0, 0.1) is 12.3 Å². The van der Waals surface area contributed by atoms with Crippen molar-refractivity contribution in [1.29, 1.82) is 0 Å². The first-order valence-electron chi connectivity index (χ1n) is 12.5. The van der Waals surface area contributed by atoms with E-state index < -0.39 is 24.1 Å². The number of hydroxylamine groups is 2. The van der Waals surface area contributed by atoms with E-state index in [0.29, 0.717) is 63.2 Å². The summed E-state index contributed by atoms with van der Waals surface area (Å²) in [6, 6.07) is 13.1. The molecule has 2 aromatic carbocycles. The zero-order chi connectivity index (χ0) is 26.6. The smallest absolute Gasteiger partial charge is 0.434 e. The van der Waals surface area contributed by atoms with Crippen molar-refractivity contribution in [3.05, 3.63) is 54.1 Å². The van der Waals surface area contributed by atoms with E-state index >= 15 is 0 Å². The number of fused-ring (bicyclic) bond motifs is 1. The lowest BCUT2D eigenvalue weighted by Crippen LogP contribution is -2.52. The van der Waals surface area contributed by atoms with Crippen LogP contribution in [0.15, 0.2) is 48.5 Å². The van der Waals surface area contributed by atoms with Gasteiger partial charge in [-0.25, -0.2) is 9.59 Å². The summed E-state index contributed by atoms with van der Waals surface area (Å²) in [6.45, 7) is 3.98. The lowest BCUT2D eigenvalue weighted by molar-refractivity contribution is -0.152. The minimum atomic E-state index is -0.717. The molecule has 3 saturated heterocycles. The van der Waals surface area contributed by atoms with E-state index in [1.54, 1.807) is 12.1 Å². The van der Waals surface area contributed by atoms with Gasteiger partial charge in [0, 0.05) is 58.0 Å². The number of carbonyl (C=O) groups is 3. The summed E-state index contributed by atoms with van der Waals surface area (Å²) in [6.07, 6.45) is 4.50. The summed E-state index contributed by atoms with van der Waals surface area (Å²) < 4.78 is 5.40. The van der Waals surface area contributed by atoms with E-state index in [-0.39, 0.29) is 12.4 Å². The highest BCUT2D eigenvalue weighted by molar-refractivity contribution is 6.04. The van der Waals surface area contributed by atoms with Gasteiger partial charge in [-0.1, -0.05) is 23.1 Å². The minimum absolute atomic E-state index is 0.190. The monoisotopic (exact) mass is 519 g/mol. The highest BCUT2D eigenvalue weighted by Crippen LogP contribution is 2.25. The van der Waals surface area contributed by atoms with Crippen LogP contribution in [0.1, 0.15) is 5.56 Å². The number of phenols is 1. The number of amides is 4. The standard InChI is InChI=1S/C27H29N5O6/c1-2-17-37-23-9-5-21(6-10-23)29-12-14-30(15-13-29)27(36)38-32-25(34)24-19-28(11-16-31(24)26(32)35)18-20-3-7-22(33)8-4-20/h1,3-10,24,33H,11-19H2. The van der Waals surface area contributed by atoms with Gasteiger partial charge in [0.25, 0.3) is 5.91 Å². The molecule has 0 aromatic heterocycles. The predicted octanol–water partition coefficient (Wildman–Crippen LogP) is 1.73. The lowest BCUT2D eigenvalue weighted by atomic mass is 10.1. The van der Waals surface area contributed by atoms with E-state index in [9.17, 15) is 19.5 Å². The van der Waals surface area contributed by atoms with Gasteiger partial charge in [0.15, 0.2) is 0 Å². The second-order valence-electron chi connectivity index (χ2n) is 9.34. The molecule has 4 amide bonds. The van der Waals surface area contributed by atoms with Crippen molar-refractivity contribution in [3.63, 3.8) is 0 Å². The molecular weight excluding hydrogens is 490 g/mol. The molecule has 0 spiro atoms. The fraction of sp³-hybridized carbons (Fsp3) is 0.370. The zero-order valence-electron chi connectivity index (χ0n) is 20.9. The molecule has 3 heterocycles. The largest absolute Gasteiger partial charge is 0.508 e. The molecule has 0 saturated carbocycles. The maximum absolute atomic E-state index is 13.0. The van der Waals surface area contributed by atoms with Gasteiger partial charge < -0.3 is 29.4 Å². The first kappa shape index (κ1) is 25.2. The fourth-order valence-electron chi connectivity index (χ4n) is 4.87. The van der Waals surface area contributed by atoms with Crippen molar-refractivity contribution < 1.29 is 29.1 Å². The van der Waals surface area contributed by atoms with Crippen LogP contribution < -0.4 is 9.64 Å². The number of rotatable bonds is 6. The third-order valence-corrected chi connectivity index (χ3v) is 6.94. The Labute approximate surface area is 220 Å². The second kappa shape index (κ2) is 10.9. The SMILES string of the molecule is C#CCOc1ccc(N2CCN(C(=O)ON3C(=O)C4CN(Cc5ccc(O)cc5)CCN4C3=O)CC2)cc1. The molecule has 198 valence electrons. The maximum atomic E-state index is 13.0. The van der Waals surface area contributed by atoms with Crippen molar-refractivity contribution in [2.45, 2.75) is 12.6 Å². The third kappa shape index (κ3) is 5.31. The molecule has 0 aliphatic carbocycles. The number of hydrogen-bond acceptors (Lipinski definition) is 8. The number of terminal acetylenes is 1. The topological polar surface area (TPSA) is 106 Å². The molecule has 0 radical (unpaired) electrons. The van der Waals surface area contributed by atoms with Crippen molar-refractivity contribution in [2.24, 2.45) is 0 Å². The number of urea groups is 1. The molecule has 5 rings (SSSR count). The summed E-state index contributed by atoms with van der Waals surface area (Å²) in [5.74, 6) is 2.77. The van der Waals surface area contributed by atoms with E-state index in [2.05, 4.69) is 15.7 Å². The molecule has 3 fully saturated rings. The summed E-state index contributed by atoms with van der Waals surface area (Å²) in [7, 11) is 0. The Balaban J connectivity index is 1.13. The van der Waals surface area contributed by atoms with Crippen LogP contribution >= 0.6 is 0 Å². The number of phenolic OH excluding ortho intramolecular Hbond substituents is 1. The average Bonchev–Trinajstić information content (AvgIpc) is 3.17. The molecule has 3 aliphatic rings. The normalized spacial score (nSPS) is 19.8. The number of ether oxygens (including phenoxy) is 1. The number of aromatic hydroxyl groups is 1. The average molecular weight is 520 g/mol. The summed E-state index contributed by atoms with van der Waals surface area (Å²) >= 11 is 0. The first-order chi connectivity index (χ1) is 18.4. The molecule has 3 aliphatic heterocycles. The quantitative estimate of drug-likeness (QED) is 0.455. The highest BCUT2D eigenvalue weighted by atomic mass is 16.7. The van der Waals surface area contributed by atoms with Gasteiger partial charge in [0.1, 0.15) is 24.1 Å².